The smallest absolute Gasteiger partial charge is 0.262 e. The van der Waals surface area contributed by atoms with Crippen LogP contribution in [0, 0.1) is 6.92 Å². The predicted molar refractivity (Wildman–Crippen MR) is 56.8 cm³/mol. The molecule has 15 heavy (non-hydrogen) atoms. The maximum atomic E-state index is 12.0. The molecule has 0 bridgehead atoms. The van der Waals surface area contributed by atoms with Gasteiger partial charge in [0, 0.05) is 6.04 Å². The Bertz CT molecular complexity index is 449. The number of imide groups is 1. The summed E-state index contributed by atoms with van der Waals surface area (Å²) in [7, 11) is 0. The molecule has 1 heterocycles. The molecule has 0 aromatic heterocycles. The van der Waals surface area contributed by atoms with Crippen molar-refractivity contribution in [2.45, 2.75) is 26.8 Å². The van der Waals surface area contributed by atoms with Gasteiger partial charge in [-0.2, -0.15) is 0 Å². The average molecular weight is 203 g/mol. The van der Waals surface area contributed by atoms with Crippen LogP contribution >= 0.6 is 0 Å². The molecule has 1 aliphatic heterocycles. The number of benzene rings is 1. The van der Waals surface area contributed by atoms with Crippen molar-refractivity contribution in [2.24, 2.45) is 0 Å². The van der Waals surface area contributed by atoms with Crippen LogP contribution in [0.2, 0.25) is 0 Å². The molecule has 0 fully saturated rings. The second kappa shape index (κ2) is 3.19. The topological polar surface area (TPSA) is 37.4 Å². The van der Waals surface area contributed by atoms with Crippen LogP contribution in [0.4, 0.5) is 0 Å². The fourth-order valence-electron chi connectivity index (χ4n) is 1.94. The van der Waals surface area contributed by atoms with Crippen molar-refractivity contribution in [2.75, 3.05) is 0 Å². The van der Waals surface area contributed by atoms with E-state index in [-0.39, 0.29) is 17.9 Å². The van der Waals surface area contributed by atoms with E-state index in [1.54, 1.807) is 6.07 Å². The van der Waals surface area contributed by atoms with Crippen LogP contribution in [0.5, 0.6) is 0 Å². The number of hydrogen-bond donors (Lipinski definition) is 0. The van der Waals surface area contributed by atoms with Crippen LogP contribution < -0.4 is 0 Å². The van der Waals surface area contributed by atoms with Gasteiger partial charge >= 0.3 is 0 Å². The molecule has 1 aromatic carbocycles. The molecule has 1 aromatic rings. The minimum atomic E-state index is -0.172. The Morgan fingerprint density at radius 2 is 1.80 bits per heavy atom. The van der Waals surface area contributed by atoms with E-state index in [0.29, 0.717) is 11.1 Å². The quantitative estimate of drug-likeness (QED) is 0.655. The highest BCUT2D eigenvalue weighted by molar-refractivity contribution is 6.22. The summed E-state index contributed by atoms with van der Waals surface area (Å²) in [6, 6.07) is 5.29. The summed E-state index contributed by atoms with van der Waals surface area (Å²) < 4.78 is 0. The van der Waals surface area contributed by atoms with Crippen molar-refractivity contribution >= 4 is 11.8 Å². The Kier molecular flexibility index (Phi) is 2.11. The second-order valence-electron chi connectivity index (χ2n) is 4.07. The molecule has 1 aliphatic rings. The molecule has 0 unspecified atom stereocenters. The number of rotatable bonds is 1. The highest BCUT2D eigenvalue weighted by Crippen LogP contribution is 2.26. The first-order chi connectivity index (χ1) is 7.04. The van der Waals surface area contributed by atoms with E-state index in [1.807, 2.05) is 32.9 Å². The molecule has 2 amide bonds. The van der Waals surface area contributed by atoms with Crippen molar-refractivity contribution in [3.05, 3.63) is 34.9 Å². The zero-order chi connectivity index (χ0) is 11.2. The Morgan fingerprint density at radius 3 is 2.33 bits per heavy atom. The number of nitrogens with zero attached hydrogens (tertiary/aromatic N) is 1. The summed E-state index contributed by atoms with van der Waals surface area (Å²) in [4.78, 5) is 25.2. The van der Waals surface area contributed by atoms with E-state index in [9.17, 15) is 9.59 Å². The van der Waals surface area contributed by atoms with Crippen LogP contribution in [0.15, 0.2) is 18.2 Å². The lowest BCUT2D eigenvalue weighted by atomic mass is 10.0. The van der Waals surface area contributed by atoms with Gasteiger partial charge < -0.3 is 0 Å². The summed E-state index contributed by atoms with van der Waals surface area (Å²) in [6.07, 6.45) is 0. The maximum absolute atomic E-state index is 12.0. The van der Waals surface area contributed by atoms with E-state index in [1.165, 1.54) is 4.90 Å². The van der Waals surface area contributed by atoms with Crippen LogP contribution in [-0.2, 0) is 0 Å². The molecule has 0 saturated carbocycles. The molecular weight excluding hydrogens is 190 g/mol. The van der Waals surface area contributed by atoms with Gasteiger partial charge in [-0.1, -0.05) is 12.1 Å². The van der Waals surface area contributed by atoms with Gasteiger partial charge in [-0.05, 0) is 32.4 Å². The van der Waals surface area contributed by atoms with Gasteiger partial charge in [-0.25, -0.2) is 0 Å². The first-order valence-electron chi connectivity index (χ1n) is 5.01. The summed E-state index contributed by atoms with van der Waals surface area (Å²) in [5.41, 5.74) is 1.97. The molecule has 78 valence electrons. The van der Waals surface area contributed by atoms with E-state index in [2.05, 4.69) is 0 Å². The van der Waals surface area contributed by atoms with Gasteiger partial charge in [-0.15, -0.1) is 0 Å². The van der Waals surface area contributed by atoms with E-state index in [4.69, 9.17) is 0 Å². The molecule has 0 saturated heterocycles. The predicted octanol–water partition coefficient (Wildman–Crippen LogP) is 2.00. The number of carbonyl (C=O) groups is 2. The summed E-state index contributed by atoms with van der Waals surface area (Å²) in [5.74, 6) is -0.336. The molecular formula is C12H13NO2. The number of hydrogen-bond acceptors (Lipinski definition) is 2. The summed E-state index contributed by atoms with van der Waals surface area (Å²) >= 11 is 0. The summed E-state index contributed by atoms with van der Waals surface area (Å²) in [5, 5.41) is 0. The van der Waals surface area contributed by atoms with Crippen LogP contribution in [0.25, 0.3) is 0 Å². The lowest BCUT2D eigenvalue weighted by Gasteiger charge is -2.17. The molecule has 0 N–H and O–H groups in total. The third-order valence-corrected chi connectivity index (χ3v) is 2.67. The van der Waals surface area contributed by atoms with Crippen molar-refractivity contribution in [3.8, 4) is 0 Å². The molecule has 0 atom stereocenters. The number of amides is 2. The maximum Gasteiger partial charge on any atom is 0.262 e. The fraction of sp³-hybridized carbons (Fsp3) is 0.333. The van der Waals surface area contributed by atoms with Crippen molar-refractivity contribution in [1.29, 1.82) is 0 Å². The van der Waals surface area contributed by atoms with Gasteiger partial charge in [0.05, 0.1) is 11.1 Å². The molecule has 0 radical (unpaired) electrons. The standard InChI is InChI=1S/C12H13NO2/c1-7(2)13-11(14)9-6-4-5-8(3)10(9)12(13)15/h4-7H,1-3H3. The number of carbonyl (C=O) groups excluding carboxylic acids is 2. The highest BCUT2D eigenvalue weighted by Gasteiger charge is 2.37. The van der Waals surface area contributed by atoms with Gasteiger partial charge in [0.15, 0.2) is 0 Å². The average Bonchev–Trinajstić information content (AvgIpc) is 2.40. The van der Waals surface area contributed by atoms with Gasteiger partial charge in [0.25, 0.3) is 11.8 Å². The van der Waals surface area contributed by atoms with E-state index < -0.39 is 0 Å². The van der Waals surface area contributed by atoms with E-state index >= 15 is 0 Å². The van der Waals surface area contributed by atoms with Crippen LogP contribution in [-0.4, -0.2) is 22.8 Å². The summed E-state index contributed by atoms with van der Waals surface area (Å²) in [6.45, 7) is 5.54. The van der Waals surface area contributed by atoms with Crippen LogP contribution in [0.1, 0.15) is 40.1 Å². The lowest BCUT2D eigenvalue weighted by Crippen LogP contribution is -2.36. The minimum Gasteiger partial charge on any atom is -0.272 e. The first-order valence-corrected chi connectivity index (χ1v) is 5.01. The first kappa shape index (κ1) is 9.90. The molecule has 3 nitrogen and oxygen atoms in total. The van der Waals surface area contributed by atoms with Crippen LogP contribution in [0.3, 0.4) is 0 Å². The van der Waals surface area contributed by atoms with Gasteiger partial charge in [0.2, 0.25) is 0 Å². The molecule has 0 spiro atoms. The molecule has 2 rings (SSSR count). The number of aryl methyl sites for hydroxylation is 1. The van der Waals surface area contributed by atoms with Crippen molar-refractivity contribution < 1.29 is 9.59 Å². The number of fused-ring (bicyclic) bond motifs is 1. The Labute approximate surface area is 88.7 Å². The lowest BCUT2D eigenvalue weighted by molar-refractivity contribution is 0.0609. The Balaban J connectivity index is 2.61. The molecule has 0 aliphatic carbocycles. The minimum absolute atomic E-state index is 0.0863. The second-order valence-corrected chi connectivity index (χ2v) is 4.07. The zero-order valence-electron chi connectivity index (χ0n) is 9.07. The third-order valence-electron chi connectivity index (χ3n) is 2.67. The zero-order valence-corrected chi connectivity index (χ0v) is 9.07. The Morgan fingerprint density at radius 1 is 1.13 bits per heavy atom. The monoisotopic (exact) mass is 203 g/mol. The normalized spacial score (nSPS) is 15.1. The Hall–Kier alpha value is -1.64. The third kappa shape index (κ3) is 1.27. The SMILES string of the molecule is Cc1cccc2c1C(=O)N(C(C)C)C2=O. The largest absolute Gasteiger partial charge is 0.272 e. The fourth-order valence-corrected chi connectivity index (χ4v) is 1.94. The van der Waals surface area contributed by atoms with Gasteiger partial charge in [0.1, 0.15) is 0 Å². The van der Waals surface area contributed by atoms with Crippen molar-refractivity contribution in [3.63, 3.8) is 0 Å². The highest BCUT2D eigenvalue weighted by atomic mass is 16.2. The van der Waals surface area contributed by atoms with Gasteiger partial charge in [-0.3, -0.25) is 14.5 Å². The van der Waals surface area contributed by atoms with Crippen molar-refractivity contribution in [1.82, 2.24) is 4.90 Å². The van der Waals surface area contributed by atoms with E-state index in [0.717, 1.165) is 5.56 Å². The molecule has 3 heteroatoms.